The quantitative estimate of drug-likeness (QED) is 0.799. The van der Waals surface area contributed by atoms with Gasteiger partial charge in [-0.2, -0.15) is 0 Å². The molecular weight excluding hydrogens is 268 g/mol. The third-order valence-corrected chi connectivity index (χ3v) is 6.51. The number of hydrogen-bond acceptors (Lipinski definition) is 2. The molecule has 1 heterocycles. The molecular formula is C20H38N2. The molecule has 2 atom stereocenters. The van der Waals surface area contributed by atoms with E-state index in [0.717, 1.165) is 23.9 Å². The maximum absolute atomic E-state index is 4.05. The number of likely N-dealkylation sites (tertiary alicyclic amines) is 1. The van der Waals surface area contributed by atoms with E-state index in [2.05, 4.69) is 17.1 Å². The van der Waals surface area contributed by atoms with E-state index in [4.69, 9.17) is 0 Å². The Balaban J connectivity index is 1.49. The zero-order valence-electron chi connectivity index (χ0n) is 14.9. The molecule has 0 amide bonds. The Morgan fingerprint density at radius 3 is 2.14 bits per heavy atom. The number of hydrogen-bond donors (Lipinski definition) is 1. The SMILES string of the molecule is CCC1CC(NC2CCCCC2)CN(CC2CCCCC2)C1. The predicted molar refractivity (Wildman–Crippen MR) is 95.2 cm³/mol. The van der Waals surface area contributed by atoms with Crippen LogP contribution in [-0.4, -0.2) is 36.6 Å². The normalized spacial score (nSPS) is 33.1. The fourth-order valence-corrected chi connectivity index (χ4v) is 5.21. The van der Waals surface area contributed by atoms with Gasteiger partial charge in [-0.05, 0) is 43.9 Å². The van der Waals surface area contributed by atoms with Gasteiger partial charge in [-0.15, -0.1) is 0 Å². The first-order chi connectivity index (χ1) is 10.8. The summed E-state index contributed by atoms with van der Waals surface area (Å²) in [6.45, 7) is 6.48. The van der Waals surface area contributed by atoms with Crippen molar-refractivity contribution in [3.8, 4) is 0 Å². The zero-order valence-corrected chi connectivity index (χ0v) is 14.9. The van der Waals surface area contributed by atoms with E-state index in [1.165, 1.54) is 96.7 Å². The number of rotatable bonds is 5. The lowest BCUT2D eigenvalue weighted by molar-refractivity contribution is 0.103. The molecule has 1 aliphatic heterocycles. The molecule has 1 saturated heterocycles. The molecule has 2 unspecified atom stereocenters. The van der Waals surface area contributed by atoms with Gasteiger partial charge in [0, 0.05) is 31.7 Å². The maximum atomic E-state index is 4.05. The van der Waals surface area contributed by atoms with Gasteiger partial charge in [0.25, 0.3) is 0 Å². The standard InChI is InChI=1S/C20H38N2/c1-2-17-13-20(21-19-11-7-4-8-12-19)16-22(14-17)15-18-9-5-3-6-10-18/h17-21H,2-16H2,1H3. The minimum absolute atomic E-state index is 0.769. The van der Waals surface area contributed by atoms with Gasteiger partial charge >= 0.3 is 0 Å². The van der Waals surface area contributed by atoms with Crippen LogP contribution in [0.4, 0.5) is 0 Å². The zero-order chi connectivity index (χ0) is 15.2. The Hall–Kier alpha value is -0.0800. The molecule has 3 aliphatic rings. The van der Waals surface area contributed by atoms with Crippen molar-refractivity contribution in [3.05, 3.63) is 0 Å². The molecule has 128 valence electrons. The third-order valence-electron chi connectivity index (χ3n) is 6.51. The van der Waals surface area contributed by atoms with Crippen LogP contribution in [-0.2, 0) is 0 Å². The summed E-state index contributed by atoms with van der Waals surface area (Å²) in [6, 6.07) is 1.59. The molecule has 0 spiro atoms. The molecule has 22 heavy (non-hydrogen) atoms. The van der Waals surface area contributed by atoms with Crippen molar-refractivity contribution in [3.63, 3.8) is 0 Å². The summed E-state index contributed by atoms with van der Waals surface area (Å²) >= 11 is 0. The lowest BCUT2D eigenvalue weighted by Gasteiger charge is -2.41. The van der Waals surface area contributed by atoms with Crippen LogP contribution in [0.15, 0.2) is 0 Å². The Morgan fingerprint density at radius 1 is 0.773 bits per heavy atom. The highest BCUT2D eigenvalue weighted by Crippen LogP contribution is 2.28. The van der Waals surface area contributed by atoms with E-state index in [1.54, 1.807) is 0 Å². The molecule has 3 fully saturated rings. The molecule has 0 aromatic rings. The fourth-order valence-electron chi connectivity index (χ4n) is 5.21. The number of piperidine rings is 1. The predicted octanol–water partition coefficient (Wildman–Crippen LogP) is 4.59. The van der Waals surface area contributed by atoms with Crippen LogP contribution in [0, 0.1) is 11.8 Å². The van der Waals surface area contributed by atoms with E-state index in [1.807, 2.05) is 0 Å². The third kappa shape index (κ3) is 4.96. The summed E-state index contributed by atoms with van der Waals surface area (Å²) in [6.07, 6.45) is 17.5. The molecule has 0 aromatic heterocycles. The van der Waals surface area contributed by atoms with Gasteiger partial charge in [0.2, 0.25) is 0 Å². The number of nitrogens with one attached hydrogen (secondary N) is 1. The summed E-state index contributed by atoms with van der Waals surface area (Å²) in [5, 5.41) is 4.05. The van der Waals surface area contributed by atoms with E-state index < -0.39 is 0 Å². The van der Waals surface area contributed by atoms with Crippen molar-refractivity contribution < 1.29 is 0 Å². The van der Waals surface area contributed by atoms with Crippen LogP contribution in [0.25, 0.3) is 0 Å². The van der Waals surface area contributed by atoms with Crippen molar-refractivity contribution in [2.45, 2.75) is 96.1 Å². The Kier molecular flexibility index (Phi) is 6.62. The molecule has 0 aromatic carbocycles. The van der Waals surface area contributed by atoms with Gasteiger partial charge in [-0.1, -0.05) is 51.9 Å². The van der Waals surface area contributed by atoms with Gasteiger partial charge in [-0.25, -0.2) is 0 Å². The van der Waals surface area contributed by atoms with E-state index in [-0.39, 0.29) is 0 Å². The summed E-state index contributed by atoms with van der Waals surface area (Å²) < 4.78 is 0. The first kappa shape index (κ1) is 16.8. The van der Waals surface area contributed by atoms with Crippen LogP contribution < -0.4 is 5.32 Å². The Bertz CT molecular complexity index is 277. The molecule has 2 aliphatic carbocycles. The van der Waals surface area contributed by atoms with Crippen molar-refractivity contribution in [1.29, 1.82) is 0 Å². The van der Waals surface area contributed by atoms with Crippen molar-refractivity contribution in [1.82, 2.24) is 10.2 Å². The van der Waals surface area contributed by atoms with E-state index in [9.17, 15) is 0 Å². The lowest BCUT2D eigenvalue weighted by Crippen LogP contribution is -2.53. The van der Waals surface area contributed by atoms with Crippen molar-refractivity contribution >= 4 is 0 Å². The number of nitrogens with zero attached hydrogens (tertiary/aromatic N) is 1. The second-order valence-corrected chi connectivity index (χ2v) is 8.43. The summed E-state index contributed by atoms with van der Waals surface area (Å²) in [7, 11) is 0. The monoisotopic (exact) mass is 306 g/mol. The fraction of sp³-hybridized carbons (Fsp3) is 1.00. The second kappa shape index (κ2) is 8.68. The molecule has 1 N–H and O–H groups in total. The van der Waals surface area contributed by atoms with Gasteiger partial charge in [0.05, 0.1) is 0 Å². The van der Waals surface area contributed by atoms with Gasteiger partial charge in [0.1, 0.15) is 0 Å². The highest BCUT2D eigenvalue weighted by molar-refractivity contribution is 4.87. The highest BCUT2D eigenvalue weighted by atomic mass is 15.2. The maximum Gasteiger partial charge on any atom is 0.0200 e. The Morgan fingerprint density at radius 2 is 1.45 bits per heavy atom. The molecule has 2 saturated carbocycles. The topological polar surface area (TPSA) is 15.3 Å². The molecule has 3 rings (SSSR count). The minimum Gasteiger partial charge on any atom is -0.310 e. The average molecular weight is 307 g/mol. The van der Waals surface area contributed by atoms with Gasteiger partial charge in [-0.3, -0.25) is 0 Å². The molecule has 0 radical (unpaired) electrons. The largest absolute Gasteiger partial charge is 0.310 e. The summed E-state index contributed by atoms with van der Waals surface area (Å²) in [5.41, 5.74) is 0. The van der Waals surface area contributed by atoms with E-state index >= 15 is 0 Å². The van der Waals surface area contributed by atoms with Crippen molar-refractivity contribution in [2.24, 2.45) is 11.8 Å². The summed E-state index contributed by atoms with van der Waals surface area (Å²) in [5.74, 6) is 1.93. The summed E-state index contributed by atoms with van der Waals surface area (Å²) in [4.78, 5) is 2.83. The Labute approximate surface area is 138 Å². The van der Waals surface area contributed by atoms with E-state index in [0.29, 0.717) is 0 Å². The lowest BCUT2D eigenvalue weighted by atomic mass is 9.86. The van der Waals surface area contributed by atoms with Crippen LogP contribution in [0.2, 0.25) is 0 Å². The molecule has 2 heteroatoms. The first-order valence-electron chi connectivity index (χ1n) is 10.3. The smallest absolute Gasteiger partial charge is 0.0200 e. The van der Waals surface area contributed by atoms with Crippen LogP contribution in [0.3, 0.4) is 0 Å². The van der Waals surface area contributed by atoms with Crippen LogP contribution >= 0.6 is 0 Å². The van der Waals surface area contributed by atoms with Crippen LogP contribution in [0.5, 0.6) is 0 Å². The van der Waals surface area contributed by atoms with Crippen molar-refractivity contribution in [2.75, 3.05) is 19.6 Å². The van der Waals surface area contributed by atoms with Gasteiger partial charge in [0.15, 0.2) is 0 Å². The minimum atomic E-state index is 0.769. The van der Waals surface area contributed by atoms with Crippen LogP contribution in [0.1, 0.15) is 84.0 Å². The first-order valence-corrected chi connectivity index (χ1v) is 10.3. The average Bonchev–Trinajstić information content (AvgIpc) is 2.56. The second-order valence-electron chi connectivity index (χ2n) is 8.43. The highest BCUT2D eigenvalue weighted by Gasteiger charge is 2.29. The molecule has 2 nitrogen and oxygen atoms in total. The molecule has 0 bridgehead atoms. The van der Waals surface area contributed by atoms with Gasteiger partial charge < -0.3 is 10.2 Å².